The van der Waals surface area contributed by atoms with Gasteiger partial charge in [0.2, 0.25) is 17.8 Å². The summed E-state index contributed by atoms with van der Waals surface area (Å²) in [6.07, 6.45) is 3.11. The maximum absolute atomic E-state index is 5.75. The van der Waals surface area contributed by atoms with Crippen molar-refractivity contribution < 1.29 is 4.74 Å². The highest BCUT2D eigenvalue weighted by Gasteiger charge is 2.16. The molecule has 0 aromatic carbocycles. The third kappa shape index (κ3) is 2.57. The molecule has 0 amide bonds. The highest BCUT2D eigenvalue weighted by Crippen LogP contribution is 2.18. The van der Waals surface area contributed by atoms with E-state index in [2.05, 4.69) is 24.9 Å². The lowest BCUT2D eigenvalue weighted by Gasteiger charge is -2.26. The number of aromatic nitrogens is 5. The van der Waals surface area contributed by atoms with Crippen LogP contribution in [0.3, 0.4) is 0 Å². The third-order valence-corrected chi connectivity index (χ3v) is 2.86. The molecule has 0 saturated carbocycles. The number of hydrogen-bond donors (Lipinski definition) is 2. The van der Waals surface area contributed by atoms with Crippen LogP contribution in [0.4, 0.5) is 17.8 Å². The largest absolute Gasteiger partial charge is 0.378 e. The van der Waals surface area contributed by atoms with Crippen molar-refractivity contribution in [1.82, 2.24) is 24.9 Å². The van der Waals surface area contributed by atoms with Crippen LogP contribution in [-0.2, 0) is 4.74 Å². The Labute approximate surface area is 115 Å². The van der Waals surface area contributed by atoms with Crippen LogP contribution >= 0.6 is 0 Å². The average Bonchev–Trinajstić information content (AvgIpc) is 2.48. The zero-order chi connectivity index (χ0) is 13.9. The van der Waals surface area contributed by atoms with Crippen molar-refractivity contribution in [2.75, 3.05) is 42.7 Å². The topological polar surface area (TPSA) is 129 Å². The van der Waals surface area contributed by atoms with Crippen LogP contribution < -0.4 is 16.4 Å². The Bertz CT molecular complexity index is 596. The lowest BCUT2D eigenvalue weighted by atomic mass is 10.3. The van der Waals surface area contributed by atoms with Crippen molar-refractivity contribution in [2.24, 2.45) is 0 Å². The highest BCUT2D eigenvalue weighted by atomic mass is 16.5. The summed E-state index contributed by atoms with van der Waals surface area (Å²) in [6.45, 7) is 2.74. The second-order valence-corrected chi connectivity index (χ2v) is 4.25. The quantitative estimate of drug-likeness (QED) is 0.732. The summed E-state index contributed by atoms with van der Waals surface area (Å²) in [5, 5.41) is 0. The standard InChI is InChI=1S/C11H14N8O/c12-9-14-5-7(6-15-9)8-16-10(13)18-11(17-8)19-1-3-20-4-2-19/h5-6H,1-4H2,(H2,12,14,15)(H2,13,16,17,18). The smallest absolute Gasteiger partial charge is 0.230 e. The molecular weight excluding hydrogens is 260 g/mol. The van der Waals surface area contributed by atoms with Crippen molar-refractivity contribution in [1.29, 1.82) is 0 Å². The number of rotatable bonds is 2. The summed E-state index contributed by atoms with van der Waals surface area (Å²) in [5.41, 5.74) is 11.8. The molecule has 9 heteroatoms. The third-order valence-electron chi connectivity index (χ3n) is 2.86. The van der Waals surface area contributed by atoms with Crippen LogP contribution in [0.15, 0.2) is 12.4 Å². The van der Waals surface area contributed by atoms with Gasteiger partial charge in [-0.1, -0.05) is 0 Å². The van der Waals surface area contributed by atoms with Gasteiger partial charge in [0.25, 0.3) is 0 Å². The number of morpholine rings is 1. The first kappa shape index (κ1) is 12.5. The first-order chi connectivity index (χ1) is 9.72. The Hall–Kier alpha value is -2.55. The number of hydrogen-bond acceptors (Lipinski definition) is 9. The van der Waals surface area contributed by atoms with E-state index in [9.17, 15) is 0 Å². The number of nitrogens with zero attached hydrogens (tertiary/aromatic N) is 6. The van der Waals surface area contributed by atoms with Crippen LogP contribution in [-0.4, -0.2) is 51.2 Å². The van der Waals surface area contributed by atoms with Gasteiger partial charge in [-0.15, -0.1) is 0 Å². The van der Waals surface area contributed by atoms with E-state index in [1.807, 2.05) is 4.90 Å². The molecule has 0 unspecified atom stereocenters. The molecule has 2 aromatic rings. The van der Waals surface area contributed by atoms with E-state index in [1.54, 1.807) is 12.4 Å². The monoisotopic (exact) mass is 274 g/mol. The molecule has 4 N–H and O–H groups in total. The summed E-state index contributed by atoms with van der Waals surface area (Å²) >= 11 is 0. The van der Waals surface area contributed by atoms with Crippen LogP contribution in [0, 0.1) is 0 Å². The molecule has 0 radical (unpaired) electrons. The molecule has 1 aliphatic rings. The van der Waals surface area contributed by atoms with Gasteiger partial charge < -0.3 is 21.1 Å². The molecule has 1 aliphatic heterocycles. The molecule has 0 aliphatic carbocycles. The summed E-state index contributed by atoms with van der Waals surface area (Å²) in [6, 6.07) is 0. The van der Waals surface area contributed by atoms with E-state index >= 15 is 0 Å². The van der Waals surface area contributed by atoms with Crippen LogP contribution in [0.25, 0.3) is 11.4 Å². The number of anilines is 3. The van der Waals surface area contributed by atoms with Crippen molar-refractivity contribution >= 4 is 17.8 Å². The molecule has 1 fully saturated rings. The highest BCUT2D eigenvalue weighted by molar-refractivity contribution is 5.56. The molecule has 0 spiro atoms. The summed E-state index contributed by atoms with van der Waals surface area (Å²) < 4.78 is 5.30. The van der Waals surface area contributed by atoms with Gasteiger partial charge in [0.1, 0.15) is 0 Å². The minimum absolute atomic E-state index is 0.160. The second-order valence-electron chi connectivity index (χ2n) is 4.25. The molecular formula is C11H14N8O. The molecule has 1 saturated heterocycles. The fraction of sp³-hybridized carbons (Fsp3) is 0.364. The molecule has 9 nitrogen and oxygen atoms in total. The summed E-state index contributed by atoms with van der Waals surface area (Å²) in [4.78, 5) is 22.5. The summed E-state index contributed by atoms with van der Waals surface area (Å²) in [5.74, 6) is 1.32. The van der Waals surface area contributed by atoms with E-state index in [0.717, 1.165) is 13.1 Å². The predicted molar refractivity (Wildman–Crippen MR) is 72.7 cm³/mol. The second kappa shape index (κ2) is 5.21. The Morgan fingerprint density at radius 2 is 1.65 bits per heavy atom. The van der Waals surface area contributed by atoms with E-state index in [1.165, 1.54) is 0 Å². The molecule has 20 heavy (non-hydrogen) atoms. The van der Waals surface area contributed by atoms with E-state index in [0.29, 0.717) is 30.5 Å². The maximum atomic E-state index is 5.75. The van der Waals surface area contributed by atoms with Crippen LogP contribution in [0.2, 0.25) is 0 Å². The molecule has 3 heterocycles. The summed E-state index contributed by atoms with van der Waals surface area (Å²) in [7, 11) is 0. The number of nitrogens with two attached hydrogens (primary N) is 2. The SMILES string of the molecule is Nc1ncc(-c2nc(N)nc(N3CCOCC3)n2)cn1. The zero-order valence-corrected chi connectivity index (χ0v) is 10.7. The van der Waals surface area contributed by atoms with E-state index in [4.69, 9.17) is 16.2 Å². The molecule has 0 bridgehead atoms. The van der Waals surface area contributed by atoms with Gasteiger partial charge in [-0.2, -0.15) is 15.0 Å². The minimum Gasteiger partial charge on any atom is -0.378 e. The van der Waals surface area contributed by atoms with Gasteiger partial charge in [0.05, 0.1) is 18.8 Å². The van der Waals surface area contributed by atoms with Crippen molar-refractivity contribution in [3.63, 3.8) is 0 Å². The Morgan fingerprint density at radius 3 is 2.35 bits per heavy atom. The average molecular weight is 274 g/mol. The normalized spacial score (nSPS) is 15.3. The molecule has 104 valence electrons. The molecule has 0 atom stereocenters. The fourth-order valence-corrected chi connectivity index (χ4v) is 1.87. The van der Waals surface area contributed by atoms with Gasteiger partial charge in [-0.3, -0.25) is 0 Å². The van der Waals surface area contributed by atoms with E-state index in [-0.39, 0.29) is 11.9 Å². The lowest BCUT2D eigenvalue weighted by Crippen LogP contribution is -2.37. The Balaban J connectivity index is 1.95. The van der Waals surface area contributed by atoms with Crippen LogP contribution in [0.5, 0.6) is 0 Å². The first-order valence-corrected chi connectivity index (χ1v) is 6.14. The van der Waals surface area contributed by atoms with Gasteiger partial charge in [0, 0.05) is 25.5 Å². The van der Waals surface area contributed by atoms with Gasteiger partial charge in [0.15, 0.2) is 5.82 Å². The Morgan fingerprint density at radius 1 is 0.950 bits per heavy atom. The molecule has 2 aromatic heterocycles. The maximum Gasteiger partial charge on any atom is 0.230 e. The van der Waals surface area contributed by atoms with Gasteiger partial charge in [-0.05, 0) is 0 Å². The number of ether oxygens (including phenoxy) is 1. The van der Waals surface area contributed by atoms with Crippen molar-refractivity contribution in [2.45, 2.75) is 0 Å². The van der Waals surface area contributed by atoms with Crippen molar-refractivity contribution in [3.8, 4) is 11.4 Å². The van der Waals surface area contributed by atoms with Gasteiger partial charge >= 0.3 is 0 Å². The van der Waals surface area contributed by atoms with Gasteiger partial charge in [-0.25, -0.2) is 9.97 Å². The number of nitrogen functional groups attached to an aromatic ring is 2. The minimum atomic E-state index is 0.160. The predicted octanol–water partition coefficient (Wildman–Crippen LogP) is -0.670. The fourth-order valence-electron chi connectivity index (χ4n) is 1.87. The lowest BCUT2D eigenvalue weighted by molar-refractivity contribution is 0.122. The van der Waals surface area contributed by atoms with E-state index < -0.39 is 0 Å². The zero-order valence-electron chi connectivity index (χ0n) is 10.7. The Kier molecular flexibility index (Phi) is 3.25. The van der Waals surface area contributed by atoms with Crippen LogP contribution in [0.1, 0.15) is 0 Å². The van der Waals surface area contributed by atoms with Crippen molar-refractivity contribution in [3.05, 3.63) is 12.4 Å². The first-order valence-electron chi connectivity index (χ1n) is 6.14. The molecule has 3 rings (SSSR count).